The molecule has 2 aromatic rings. The number of amides is 2. The van der Waals surface area contributed by atoms with E-state index in [0.29, 0.717) is 11.5 Å². The second-order valence-corrected chi connectivity index (χ2v) is 3.72. The molecule has 1 aromatic carbocycles. The fourth-order valence-electron chi connectivity index (χ4n) is 1.45. The number of carbonyl (C=O) groups is 1. The molecule has 0 fully saturated rings. The number of aryl methyl sites for hydroxylation is 1. The van der Waals surface area contributed by atoms with Crippen LogP contribution in [0.25, 0.3) is 0 Å². The van der Waals surface area contributed by atoms with Gasteiger partial charge in [-0.25, -0.2) is 9.18 Å². The number of hydrogen-bond donors (Lipinski definition) is 3. The molecule has 0 spiro atoms. The molecule has 2 amide bonds. The fraction of sp³-hybridized carbons (Fsp3) is 0.167. The van der Waals surface area contributed by atoms with Crippen molar-refractivity contribution in [1.82, 2.24) is 10.2 Å². The van der Waals surface area contributed by atoms with Crippen molar-refractivity contribution in [2.75, 3.05) is 10.6 Å². The van der Waals surface area contributed by atoms with Gasteiger partial charge < -0.3 is 5.32 Å². The highest BCUT2D eigenvalue weighted by Gasteiger charge is 2.05. The molecule has 0 radical (unpaired) electrons. The Bertz CT molecular complexity index is 553. The lowest BCUT2D eigenvalue weighted by Gasteiger charge is -2.04. The van der Waals surface area contributed by atoms with Crippen LogP contribution in [0.15, 0.2) is 30.3 Å². The average molecular weight is 248 g/mol. The van der Waals surface area contributed by atoms with Crippen LogP contribution in [0.5, 0.6) is 0 Å². The standard InChI is InChI=1S/C12H13FN4O/c1-2-9-7-11(17-16-9)15-12(18)14-10-5-3-4-8(13)6-10/h3-7H,2H2,1H3,(H3,14,15,16,17,18). The van der Waals surface area contributed by atoms with Crippen LogP contribution in [0.1, 0.15) is 12.6 Å². The first-order valence-corrected chi connectivity index (χ1v) is 5.55. The smallest absolute Gasteiger partial charge is 0.308 e. The molecule has 0 saturated heterocycles. The van der Waals surface area contributed by atoms with Gasteiger partial charge in [0.2, 0.25) is 0 Å². The molecule has 0 bridgehead atoms. The highest BCUT2D eigenvalue weighted by atomic mass is 19.1. The van der Waals surface area contributed by atoms with Gasteiger partial charge in [-0.15, -0.1) is 0 Å². The third-order valence-electron chi connectivity index (χ3n) is 2.34. The number of rotatable bonds is 3. The molecular weight excluding hydrogens is 235 g/mol. The minimum atomic E-state index is -0.463. The number of aromatic nitrogens is 2. The van der Waals surface area contributed by atoms with E-state index in [2.05, 4.69) is 20.8 Å². The summed E-state index contributed by atoms with van der Waals surface area (Å²) in [6, 6.07) is 6.95. The zero-order valence-electron chi connectivity index (χ0n) is 9.83. The minimum absolute atomic E-state index is 0.388. The van der Waals surface area contributed by atoms with Gasteiger partial charge in [-0.2, -0.15) is 5.10 Å². The van der Waals surface area contributed by atoms with Crippen molar-refractivity contribution in [2.45, 2.75) is 13.3 Å². The van der Waals surface area contributed by atoms with Gasteiger partial charge in [-0.05, 0) is 24.6 Å². The molecular formula is C12H13FN4O. The summed E-state index contributed by atoms with van der Waals surface area (Å²) < 4.78 is 12.9. The van der Waals surface area contributed by atoms with Crippen LogP contribution in [0.2, 0.25) is 0 Å². The highest BCUT2D eigenvalue weighted by Crippen LogP contribution is 2.10. The van der Waals surface area contributed by atoms with Gasteiger partial charge in [0.15, 0.2) is 5.82 Å². The normalized spacial score (nSPS) is 10.1. The SMILES string of the molecule is CCc1cc(NC(=O)Nc2cccc(F)c2)n[nH]1. The Morgan fingerprint density at radius 1 is 1.39 bits per heavy atom. The Kier molecular flexibility index (Phi) is 3.57. The summed E-state index contributed by atoms with van der Waals surface area (Å²) in [5, 5.41) is 11.8. The number of halogens is 1. The molecule has 0 aliphatic heterocycles. The van der Waals surface area contributed by atoms with E-state index in [1.807, 2.05) is 6.92 Å². The van der Waals surface area contributed by atoms with Crippen molar-refractivity contribution in [3.63, 3.8) is 0 Å². The molecule has 0 saturated carbocycles. The maximum Gasteiger partial charge on any atom is 0.324 e. The lowest BCUT2D eigenvalue weighted by Crippen LogP contribution is -2.19. The van der Waals surface area contributed by atoms with Crippen LogP contribution < -0.4 is 10.6 Å². The van der Waals surface area contributed by atoms with Gasteiger partial charge in [0.05, 0.1) is 0 Å². The van der Waals surface area contributed by atoms with Crippen LogP contribution in [0.3, 0.4) is 0 Å². The number of aromatic amines is 1. The van der Waals surface area contributed by atoms with Crippen molar-refractivity contribution in [3.05, 3.63) is 41.8 Å². The number of carbonyl (C=O) groups excluding carboxylic acids is 1. The van der Waals surface area contributed by atoms with Crippen molar-refractivity contribution >= 4 is 17.5 Å². The van der Waals surface area contributed by atoms with Crippen molar-refractivity contribution in [3.8, 4) is 0 Å². The van der Waals surface area contributed by atoms with Gasteiger partial charge in [-0.1, -0.05) is 13.0 Å². The van der Waals surface area contributed by atoms with Crippen molar-refractivity contribution in [2.24, 2.45) is 0 Å². The number of nitrogens with zero attached hydrogens (tertiary/aromatic N) is 1. The average Bonchev–Trinajstić information content (AvgIpc) is 2.76. The Morgan fingerprint density at radius 2 is 2.22 bits per heavy atom. The van der Waals surface area contributed by atoms with Crippen LogP contribution in [-0.4, -0.2) is 16.2 Å². The third kappa shape index (κ3) is 3.07. The van der Waals surface area contributed by atoms with Gasteiger partial charge in [-0.3, -0.25) is 10.4 Å². The topological polar surface area (TPSA) is 69.8 Å². The monoisotopic (exact) mass is 248 g/mol. The number of urea groups is 1. The first kappa shape index (κ1) is 12.1. The summed E-state index contributed by atoms with van der Waals surface area (Å²) in [5.41, 5.74) is 1.31. The Balaban J connectivity index is 1.96. The quantitative estimate of drug-likeness (QED) is 0.781. The lowest BCUT2D eigenvalue weighted by molar-refractivity contribution is 0.262. The number of H-pyrrole nitrogens is 1. The molecule has 0 atom stereocenters. The van der Waals surface area contributed by atoms with E-state index in [1.165, 1.54) is 18.2 Å². The first-order chi connectivity index (χ1) is 8.67. The molecule has 6 heteroatoms. The Morgan fingerprint density at radius 3 is 2.89 bits per heavy atom. The summed E-state index contributed by atoms with van der Waals surface area (Å²) in [7, 11) is 0. The van der Waals surface area contributed by atoms with E-state index in [9.17, 15) is 9.18 Å². The van der Waals surface area contributed by atoms with Crippen LogP contribution in [-0.2, 0) is 6.42 Å². The third-order valence-corrected chi connectivity index (χ3v) is 2.34. The number of nitrogens with one attached hydrogen (secondary N) is 3. The minimum Gasteiger partial charge on any atom is -0.308 e. The number of benzene rings is 1. The summed E-state index contributed by atoms with van der Waals surface area (Å²) in [5.74, 6) is 0.0293. The second kappa shape index (κ2) is 5.31. The molecule has 0 unspecified atom stereocenters. The van der Waals surface area contributed by atoms with Gasteiger partial charge >= 0.3 is 6.03 Å². The highest BCUT2D eigenvalue weighted by molar-refractivity contribution is 5.99. The predicted octanol–water partition coefficient (Wildman–Crippen LogP) is 2.76. The molecule has 0 aliphatic rings. The number of anilines is 2. The summed E-state index contributed by atoms with van der Waals surface area (Å²) in [6.45, 7) is 1.98. The second-order valence-electron chi connectivity index (χ2n) is 3.72. The van der Waals surface area contributed by atoms with E-state index < -0.39 is 11.8 Å². The zero-order valence-corrected chi connectivity index (χ0v) is 9.83. The molecule has 3 N–H and O–H groups in total. The Labute approximate surface area is 103 Å². The molecule has 5 nitrogen and oxygen atoms in total. The van der Waals surface area contributed by atoms with Gasteiger partial charge in [0.1, 0.15) is 5.82 Å². The van der Waals surface area contributed by atoms with E-state index in [1.54, 1.807) is 12.1 Å². The predicted molar refractivity (Wildman–Crippen MR) is 67.0 cm³/mol. The van der Waals surface area contributed by atoms with Gasteiger partial charge in [0.25, 0.3) is 0 Å². The fourth-order valence-corrected chi connectivity index (χ4v) is 1.45. The summed E-state index contributed by atoms with van der Waals surface area (Å²) >= 11 is 0. The summed E-state index contributed by atoms with van der Waals surface area (Å²) in [6.07, 6.45) is 0.806. The lowest BCUT2D eigenvalue weighted by atomic mass is 10.3. The van der Waals surface area contributed by atoms with E-state index >= 15 is 0 Å². The van der Waals surface area contributed by atoms with Crippen LogP contribution >= 0.6 is 0 Å². The molecule has 1 heterocycles. The van der Waals surface area contributed by atoms with Crippen molar-refractivity contribution in [1.29, 1.82) is 0 Å². The van der Waals surface area contributed by atoms with Crippen molar-refractivity contribution < 1.29 is 9.18 Å². The molecule has 1 aromatic heterocycles. The number of hydrogen-bond acceptors (Lipinski definition) is 2. The maximum absolute atomic E-state index is 12.9. The first-order valence-electron chi connectivity index (χ1n) is 5.55. The van der Waals surface area contributed by atoms with E-state index in [0.717, 1.165) is 12.1 Å². The zero-order chi connectivity index (χ0) is 13.0. The largest absolute Gasteiger partial charge is 0.324 e. The van der Waals surface area contributed by atoms with E-state index in [4.69, 9.17) is 0 Å². The maximum atomic E-state index is 12.9. The van der Waals surface area contributed by atoms with Crippen LogP contribution in [0.4, 0.5) is 20.7 Å². The van der Waals surface area contributed by atoms with Crippen LogP contribution in [0, 0.1) is 5.82 Å². The Hall–Kier alpha value is -2.37. The molecule has 2 rings (SSSR count). The molecule has 0 aliphatic carbocycles. The molecule has 94 valence electrons. The summed E-state index contributed by atoms with van der Waals surface area (Å²) in [4.78, 5) is 11.6. The molecule has 18 heavy (non-hydrogen) atoms. The van der Waals surface area contributed by atoms with Gasteiger partial charge in [0, 0.05) is 17.4 Å². The van der Waals surface area contributed by atoms with E-state index in [-0.39, 0.29) is 0 Å².